The van der Waals surface area contributed by atoms with Crippen molar-refractivity contribution in [3.8, 4) is 11.1 Å². The minimum absolute atomic E-state index is 0.261. The average Bonchev–Trinajstić information content (AvgIpc) is 2.88. The quantitative estimate of drug-likeness (QED) is 0.775. The molecular weight excluding hydrogens is 202 g/mol. The van der Waals surface area contributed by atoms with E-state index in [0.717, 1.165) is 12.8 Å². The Kier molecular flexibility index (Phi) is 2.11. The Morgan fingerprint density at radius 1 is 1.20 bits per heavy atom. The molecule has 0 spiro atoms. The number of aryl methyl sites for hydroxylation is 1. The van der Waals surface area contributed by atoms with Crippen LogP contribution >= 0.6 is 11.3 Å². The topological polar surface area (TPSA) is 26.0 Å². The largest absolute Gasteiger partial charge is 0.324 e. The third kappa shape index (κ3) is 1.50. The van der Waals surface area contributed by atoms with Gasteiger partial charge in [-0.25, -0.2) is 0 Å². The maximum atomic E-state index is 6.02. The molecule has 1 unspecified atom stereocenters. The molecule has 3 rings (SSSR count). The Balaban J connectivity index is 2.07. The van der Waals surface area contributed by atoms with E-state index >= 15 is 0 Å². The number of rotatable bonds is 1. The van der Waals surface area contributed by atoms with Gasteiger partial charge in [-0.3, -0.25) is 0 Å². The van der Waals surface area contributed by atoms with Gasteiger partial charge in [0.25, 0.3) is 0 Å². The zero-order valence-corrected chi connectivity index (χ0v) is 9.26. The smallest absolute Gasteiger partial charge is 0.0300 e. The van der Waals surface area contributed by atoms with Crippen molar-refractivity contribution in [1.29, 1.82) is 0 Å². The fourth-order valence-corrected chi connectivity index (χ4v) is 2.92. The molecule has 0 fully saturated rings. The zero-order valence-electron chi connectivity index (χ0n) is 8.44. The van der Waals surface area contributed by atoms with E-state index in [1.807, 2.05) is 0 Å². The molecule has 76 valence electrons. The van der Waals surface area contributed by atoms with Gasteiger partial charge in [-0.1, -0.05) is 18.2 Å². The van der Waals surface area contributed by atoms with Gasteiger partial charge in [-0.05, 0) is 51.9 Å². The Hall–Kier alpha value is -1.12. The molecule has 1 heterocycles. The predicted octanol–water partition coefficient (Wildman–Crippen LogP) is 3.36. The fraction of sp³-hybridized carbons (Fsp3) is 0.231. The number of thiophene rings is 1. The van der Waals surface area contributed by atoms with Gasteiger partial charge in [0.1, 0.15) is 0 Å². The van der Waals surface area contributed by atoms with Crippen molar-refractivity contribution in [1.82, 2.24) is 0 Å². The number of nitrogens with two attached hydrogens (primary N) is 1. The van der Waals surface area contributed by atoms with E-state index in [1.54, 1.807) is 11.3 Å². The normalized spacial score (nSPS) is 19.1. The summed E-state index contributed by atoms with van der Waals surface area (Å²) in [5, 5.41) is 4.31. The highest BCUT2D eigenvalue weighted by atomic mass is 32.1. The predicted molar refractivity (Wildman–Crippen MR) is 65.0 cm³/mol. The third-order valence-corrected chi connectivity index (χ3v) is 3.80. The van der Waals surface area contributed by atoms with Crippen molar-refractivity contribution < 1.29 is 0 Å². The first kappa shape index (κ1) is 9.13. The third-order valence-electron chi connectivity index (χ3n) is 3.12. The van der Waals surface area contributed by atoms with Crippen molar-refractivity contribution in [3.63, 3.8) is 0 Å². The lowest BCUT2D eigenvalue weighted by Crippen LogP contribution is -2.04. The molecule has 1 aromatic carbocycles. The van der Waals surface area contributed by atoms with E-state index in [0.29, 0.717) is 0 Å². The van der Waals surface area contributed by atoms with Crippen LogP contribution < -0.4 is 5.73 Å². The molecule has 0 bridgehead atoms. The van der Waals surface area contributed by atoms with Crippen LogP contribution in [0.15, 0.2) is 35.0 Å². The van der Waals surface area contributed by atoms with Crippen LogP contribution in [0, 0.1) is 0 Å². The first-order valence-electron chi connectivity index (χ1n) is 5.25. The summed E-state index contributed by atoms with van der Waals surface area (Å²) in [6, 6.07) is 9.11. The number of hydrogen-bond acceptors (Lipinski definition) is 2. The molecular formula is C13H13NS. The summed E-state index contributed by atoms with van der Waals surface area (Å²) in [5.41, 5.74) is 11.4. The first-order valence-corrected chi connectivity index (χ1v) is 6.20. The fourth-order valence-electron chi connectivity index (χ4n) is 2.26. The van der Waals surface area contributed by atoms with Gasteiger partial charge in [0.05, 0.1) is 0 Å². The number of benzene rings is 1. The summed E-state index contributed by atoms with van der Waals surface area (Å²) < 4.78 is 0. The molecule has 2 aromatic rings. The first-order chi connectivity index (χ1) is 7.34. The van der Waals surface area contributed by atoms with E-state index in [4.69, 9.17) is 5.73 Å². The molecule has 0 saturated heterocycles. The van der Waals surface area contributed by atoms with Gasteiger partial charge in [-0.2, -0.15) is 11.3 Å². The molecule has 0 amide bonds. The molecule has 1 aromatic heterocycles. The molecule has 2 heteroatoms. The Labute approximate surface area is 93.6 Å². The van der Waals surface area contributed by atoms with E-state index in [2.05, 4.69) is 35.0 Å². The van der Waals surface area contributed by atoms with Gasteiger partial charge in [0.2, 0.25) is 0 Å². The van der Waals surface area contributed by atoms with Crippen LogP contribution in [0.4, 0.5) is 0 Å². The summed E-state index contributed by atoms with van der Waals surface area (Å²) in [5.74, 6) is 0. The summed E-state index contributed by atoms with van der Waals surface area (Å²) in [6.07, 6.45) is 2.23. The monoisotopic (exact) mass is 215 g/mol. The second-order valence-corrected chi connectivity index (χ2v) is 4.85. The zero-order chi connectivity index (χ0) is 10.3. The number of hydrogen-bond donors (Lipinski definition) is 1. The van der Waals surface area contributed by atoms with Crippen molar-refractivity contribution in [2.75, 3.05) is 0 Å². The lowest BCUT2D eigenvalue weighted by atomic mass is 10.0. The van der Waals surface area contributed by atoms with Crippen LogP contribution in [-0.4, -0.2) is 0 Å². The van der Waals surface area contributed by atoms with E-state index < -0.39 is 0 Å². The summed E-state index contributed by atoms with van der Waals surface area (Å²) in [4.78, 5) is 0. The molecule has 15 heavy (non-hydrogen) atoms. The van der Waals surface area contributed by atoms with E-state index in [1.165, 1.54) is 22.3 Å². The second-order valence-electron chi connectivity index (χ2n) is 4.07. The lowest BCUT2D eigenvalue weighted by Gasteiger charge is -2.06. The minimum Gasteiger partial charge on any atom is -0.324 e. The Bertz CT molecular complexity index is 473. The Morgan fingerprint density at radius 3 is 2.93 bits per heavy atom. The van der Waals surface area contributed by atoms with Gasteiger partial charge < -0.3 is 5.73 Å². The van der Waals surface area contributed by atoms with Crippen LogP contribution in [0.5, 0.6) is 0 Å². The minimum atomic E-state index is 0.261. The van der Waals surface area contributed by atoms with Gasteiger partial charge in [0, 0.05) is 6.04 Å². The molecule has 2 N–H and O–H groups in total. The summed E-state index contributed by atoms with van der Waals surface area (Å²) >= 11 is 1.74. The molecule has 0 radical (unpaired) electrons. The molecule has 0 aliphatic heterocycles. The molecule has 0 saturated carbocycles. The number of fused-ring (bicyclic) bond motifs is 1. The van der Waals surface area contributed by atoms with E-state index in [-0.39, 0.29) is 6.04 Å². The maximum Gasteiger partial charge on any atom is 0.0300 e. The van der Waals surface area contributed by atoms with Gasteiger partial charge in [-0.15, -0.1) is 0 Å². The van der Waals surface area contributed by atoms with Crippen LogP contribution in [-0.2, 0) is 6.42 Å². The van der Waals surface area contributed by atoms with Crippen molar-refractivity contribution in [3.05, 3.63) is 46.2 Å². The van der Waals surface area contributed by atoms with E-state index in [9.17, 15) is 0 Å². The summed E-state index contributed by atoms with van der Waals surface area (Å²) in [7, 11) is 0. The lowest BCUT2D eigenvalue weighted by molar-refractivity contribution is 0.713. The Morgan fingerprint density at radius 2 is 2.13 bits per heavy atom. The van der Waals surface area contributed by atoms with Crippen LogP contribution in [0.2, 0.25) is 0 Å². The maximum absolute atomic E-state index is 6.02. The highest BCUT2D eigenvalue weighted by Gasteiger charge is 2.18. The standard InChI is InChI=1S/C13H13NS/c14-13-4-2-10-7-9(1-3-12(10)13)11-5-6-15-8-11/h1,3,5-8,13H,2,4,14H2. The second kappa shape index (κ2) is 3.47. The molecule has 1 aliphatic carbocycles. The highest BCUT2D eigenvalue weighted by Crippen LogP contribution is 2.33. The summed E-state index contributed by atoms with van der Waals surface area (Å²) in [6.45, 7) is 0. The SMILES string of the molecule is NC1CCc2cc(-c3ccsc3)ccc21. The average molecular weight is 215 g/mol. The molecule has 1 nitrogen and oxygen atoms in total. The van der Waals surface area contributed by atoms with Gasteiger partial charge in [0.15, 0.2) is 0 Å². The van der Waals surface area contributed by atoms with Crippen molar-refractivity contribution in [2.24, 2.45) is 5.73 Å². The van der Waals surface area contributed by atoms with Crippen LogP contribution in [0.25, 0.3) is 11.1 Å². The van der Waals surface area contributed by atoms with Crippen LogP contribution in [0.3, 0.4) is 0 Å². The highest BCUT2D eigenvalue weighted by molar-refractivity contribution is 7.08. The molecule has 1 aliphatic rings. The van der Waals surface area contributed by atoms with Crippen molar-refractivity contribution in [2.45, 2.75) is 18.9 Å². The van der Waals surface area contributed by atoms with Crippen LogP contribution in [0.1, 0.15) is 23.6 Å². The van der Waals surface area contributed by atoms with Crippen molar-refractivity contribution >= 4 is 11.3 Å². The molecule has 1 atom stereocenters. The van der Waals surface area contributed by atoms with Gasteiger partial charge >= 0.3 is 0 Å².